The van der Waals surface area contributed by atoms with E-state index in [1.54, 1.807) is 0 Å². The van der Waals surface area contributed by atoms with E-state index in [0.717, 1.165) is 0 Å². The standard InChI is InChI=1S/BHO.Ca.K.Mg.Zn.5H/c1-2;;;;;;;;;/h2H;;;;;;;;;/q;+2;+1;+2;;5*-1. The van der Waals surface area contributed by atoms with E-state index in [0.29, 0.717) is 0 Å². The number of hydrogen-bond donors (Lipinski definition) is 1. The molecule has 0 aliphatic rings. The van der Waals surface area contributed by atoms with E-state index in [1.807, 2.05) is 0 Å². The Kier molecular flexibility index (Phi) is 183. The topological polar surface area (TPSA) is 20.2 Å². The van der Waals surface area contributed by atoms with Crippen LogP contribution in [0, 0.1) is 0 Å². The molecule has 6 heteroatoms. The van der Waals surface area contributed by atoms with Gasteiger partial charge in [0.05, 0.1) is 0 Å². The predicted molar refractivity (Wildman–Crippen MR) is 25.0 cm³/mol. The molecule has 1 N–H and O–H groups in total. The maximum Gasteiger partial charge on any atom is 2.00 e. The fraction of sp³-hybridized carbons (Fsp3) is 0. The normalized spacial score (nSPS) is 0.833. The molecule has 0 fully saturated rings. The van der Waals surface area contributed by atoms with Gasteiger partial charge in [0.2, 0.25) is 0 Å². The van der Waals surface area contributed by atoms with Crippen LogP contribution in [0.4, 0.5) is 0 Å². The van der Waals surface area contributed by atoms with Crippen LogP contribution in [0.5, 0.6) is 0 Å². The van der Waals surface area contributed by atoms with E-state index in [1.165, 1.54) is 0 Å². The molecular weight excluding hydrogens is 196 g/mol. The fourth-order valence-corrected chi connectivity index (χ4v) is 0. The van der Waals surface area contributed by atoms with Gasteiger partial charge in [-0.15, -0.1) is 0 Å². The van der Waals surface area contributed by atoms with E-state index in [9.17, 15) is 0 Å². The summed E-state index contributed by atoms with van der Waals surface area (Å²) in [5.74, 6) is 0. The summed E-state index contributed by atoms with van der Waals surface area (Å²) in [6.45, 7) is 0. The average Bonchev–Trinajstić information content (AvgIpc) is 1.00. The Balaban J connectivity index is -0.000000000139. The zero-order chi connectivity index (χ0) is 2.00. The third-order valence-corrected chi connectivity index (χ3v) is 0. The van der Waals surface area contributed by atoms with Gasteiger partial charge >= 0.3 is 112 Å². The summed E-state index contributed by atoms with van der Waals surface area (Å²) < 4.78 is 0. The summed E-state index contributed by atoms with van der Waals surface area (Å²) >= 11 is 0. The molecule has 2 radical (unpaired) electrons. The third-order valence-electron chi connectivity index (χ3n) is 0. The van der Waals surface area contributed by atoms with Crippen molar-refractivity contribution in [3.63, 3.8) is 0 Å². The van der Waals surface area contributed by atoms with E-state index < -0.39 is 0 Å². The van der Waals surface area contributed by atoms with Crippen LogP contribution in [0.2, 0.25) is 0 Å². The molecule has 0 spiro atoms. The van der Waals surface area contributed by atoms with E-state index in [-0.39, 0.29) is 139 Å². The summed E-state index contributed by atoms with van der Waals surface area (Å²) in [6, 6.07) is 0. The Bertz CT molecular complexity index is 26.4. The molecule has 1 nitrogen and oxygen atoms in total. The van der Waals surface area contributed by atoms with Crippen molar-refractivity contribution in [2.24, 2.45) is 0 Å². The maximum atomic E-state index is 6.50. The fourth-order valence-electron chi connectivity index (χ4n) is 0. The molecule has 0 atom stereocenters. The number of hydrogen-bond acceptors (Lipinski definition) is 1. The first-order valence-corrected chi connectivity index (χ1v) is 0.258. The molecule has 0 aliphatic heterocycles. The first-order valence-electron chi connectivity index (χ1n) is 0.258. The monoisotopic (exact) mass is 200 g/mol. The van der Waals surface area contributed by atoms with Crippen LogP contribution in [0.15, 0.2) is 0 Å². The molecule has 0 aromatic rings. The molecule has 0 aliphatic carbocycles. The van der Waals surface area contributed by atoms with Gasteiger partial charge in [-0.05, 0) is 0 Å². The SMILES string of the molecule is [B]O.[Ca+2].[H-].[H-].[H-].[H-].[H-].[K+].[Mg+2].[Zn]. The molecule has 0 bridgehead atoms. The molecule has 0 saturated heterocycles. The molecular formula is H6BCaKMgOZn. The van der Waals surface area contributed by atoms with Crippen LogP contribution in [-0.4, -0.2) is 73.9 Å². The second-order valence-electron chi connectivity index (χ2n) is 0. The Hall–Kier alpha value is 4.31. The van der Waals surface area contributed by atoms with Crippen molar-refractivity contribution < 1.29 is 83.0 Å². The predicted octanol–water partition coefficient (Wildman–Crippen LogP) is -4.14. The molecule has 0 heterocycles. The Morgan fingerprint density at radius 3 is 1.33 bits per heavy atom. The first-order chi connectivity index (χ1) is 1.00. The molecule has 6 heavy (non-hydrogen) atoms. The van der Waals surface area contributed by atoms with E-state index in [4.69, 9.17) is 5.02 Å². The van der Waals surface area contributed by atoms with Crippen molar-refractivity contribution in [2.45, 2.75) is 0 Å². The van der Waals surface area contributed by atoms with Gasteiger partial charge in [-0.25, -0.2) is 0 Å². The number of rotatable bonds is 0. The summed E-state index contributed by atoms with van der Waals surface area (Å²) in [5, 5.41) is 6.50. The van der Waals surface area contributed by atoms with Crippen molar-refractivity contribution >= 4 is 68.8 Å². The van der Waals surface area contributed by atoms with Crippen LogP contribution >= 0.6 is 0 Å². The van der Waals surface area contributed by atoms with Gasteiger partial charge in [0.15, 0.2) is 0 Å². The minimum atomic E-state index is 0. The smallest absolute Gasteiger partial charge is 1.00 e. The molecule has 22 valence electrons. The summed E-state index contributed by atoms with van der Waals surface area (Å²) in [5.41, 5.74) is 0. The van der Waals surface area contributed by atoms with Crippen molar-refractivity contribution in [3.05, 3.63) is 0 Å². The Morgan fingerprint density at radius 2 is 1.33 bits per heavy atom. The van der Waals surface area contributed by atoms with Crippen molar-refractivity contribution in [2.75, 3.05) is 0 Å². The Labute approximate surface area is 148 Å². The van der Waals surface area contributed by atoms with Crippen molar-refractivity contribution in [3.8, 4) is 0 Å². The summed E-state index contributed by atoms with van der Waals surface area (Å²) in [4.78, 5) is 0. The zero-order valence-electron chi connectivity index (χ0n) is 9.15. The summed E-state index contributed by atoms with van der Waals surface area (Å²) in [6.07, 6.45) is 0. The van der Waals surface area contributed by atoms with Gasteiger partial charge in [0.25, 0.3) is 8.05 Å². The second-order valence-corrected chi connectivity index (χ2v) is 0. The third kappa shape index (κ3) is 23.9. The van der Waals surface area contributed by atoms with Gasteiger partial charge in [-0.1, -0.05) is 0 Å². The van der Waals surface area contributed by atoms with Crippen LogP contribution in [-0.2, 0) is 19.5 Å². The first kappa shape index (κ1) is 31.7. The molecule has 0 unspecified atom stereocenters. The zero-order valence-corrected chi connectivity index (χ0v) is 13.9. The van der Waals surface area contributed by atoms with Crippen molar-refractivity contribution in [1.29, 1.82) is 0 Å². The molecule has 0 amide bonds. The molecule has 0 aromatic heterocycles. The van der Waals surface area contributed by atoms with Crippen LogP contribution < -0.4 is 51.4 Å². The van der Waals surface area contributed by atoms with Gasteiger partial charge in [-0.2, -0.15) is 0 Å². The minimum absolute atomic E-state index is 0. The molecule has 0 aromatic carbocycles. The van der Waals surface area contributed by atoms with Gasteiger partial charge < -0.3 is 12.2 Å². The quantitative estimate of drug-likeness (QED) is 0.395. The van der Waals surface area contributed by atoms with Crippen LogP contribution in [0.25, 0.3) is 0 Å². The van der Waals surface area contributed by atoms with Crippen molar-refractivity contribution in [1.82, 2.24) is 0 Å². The van der Waals surface area contributed by atoms with Gasteiger partial charge in [0, 0.05) is 19.5 Å². The largest absolute Gasteiger partial charge is 2.00 e. The molecule has 0 saturated carbocycles. The second kappa shape index (κ2) is 34.6. The molecule has 0 rings (SSSR count). The van der Waals surface area contributed by atoms with E-state index >= 15 is 0 Å². The maximum absolute atomic E-state index is 6.50. The van der Waals surface area contributed by atoms with Gasteiger partial charge in [0.1, 0.15) is 0 Å². The van der Waals surface area contributed by atoms with Crippen LogP contribution in [0.3, 0.4) is 0 Å². The summed E-state index contributed by atoms with van der Waals surface area (Å²) in [7, 11) is 3.50. The minimum Gasteiger partial charge on any atom is -1.00 e. The van der Waals surface area contributed by atoms with Crippen LogP contribution in [0.1, 0.15) is 7.13 Å². The van der Waals surface area contributed by atoms with E-state index in [2.05, 4.69) is 8.05 Å². The van der Waals surface area contributed by atoms with Gasteiger partial charge in [-0.3, -0.25) is 0 Å². The Morgan fingerprint density at radius 1 is 1.33 bits per heavy atom. The average molecular weight is 202 g/mol.